The minimum absolute atomic E-state index is 0.688. The van der Waals surface area contributed by atoms with Crippen LogP contribution in [0.4, 0.5) is 0 Å². The first-order valence-electron chi connectivity index (χ1n) is 6.89. The van der Waals surface area contributed by atoms with Crippen LogP contribution in [0.3, 0.4) is 0 Å². The number of pyridine rings is 1. The summed E-state index contributed by atoms with van der Waals surface area (Å²) < 4.78 is 0. The minimum atomic E-state index is 0.688. The number of hydrogen-bond donors (Lipinski definition) is 1. The third-order valence-corrected chi connectivity index (χ3v) is 4.18. The van der Waals surface area contributed by atoms with Crippen molar-refractivity contribution in [2.45, 2.75) is 37.6 Å². The second-order valence-electron chi connectivity index (χ2n) is 5.30. The van der Waals surface area contributed by atoms with Crippen LogP contribution in [0, 0.1) is 0 Å². The molecule has 0 bridgehead atoms. The molecule has 1 aliphatic carbocycles. The molecule has 3 rings (SSSR count). The molecule has 1 heterocycles. The molecule has 2 unspecified atom stereocenters. The van der Waals surface area contributed by atoms with Gasteiger partial charge in [0.1, 0.15) is 0 Å². The van der Waals surface area contributed by atoms with Crippen molar-refractivity contribution < 1.29 is 0 Å². The number of nitrogens with one attached hydrogen (secondary N) is 1. The number of fused-ring (bicyclic) bond motifs is 1. The second-order valence-corrected chi connectivity index (χ2v) is 5.30. The van der Waals surface area contributed by atoms with Crippen LogP contribution in [0.5, 0.6) is 0 Å². The molecule has 1 saturated carbocycles. The van der Waals surface area contributed by atoms with E-state index >= 15 is 0 Å². The molecule has 0 spiro atoms. The number of nitrogens with zero attached hydrogens (tertiary/aromatic N) is 1. The Balaban J connectivity index is 1.89. The highest BCUT2D eigenvalue weighted by Crippen LogP contribution is 2.33. The predicted octanol–water partition coefficient (Wildman–Crippen LogP) is 3.48. The lowest BCUT2D eigenvalue weighted by molar-refractivity contribution is 0.355. The molecule has 1 aromatic carbocycles. The lowest BCUT2D eigenvalue weighted by atomic mass is 9.81. The average molecular weight is 240 g/mol. The molecule has 1 N–H and O–H groups in total. The van der Waals surface area contributed by atoms with Crippen molar-refractivity contribution in [2.24, 2.45) is 0 Å². The highest BCUT2D eigenvalue weighted by Gasteiger charge is 2.22. The largest absolute Gasteiger partial charge is 0.317 e. The van der Waals surface area contributed by atoms with E-state index in [0.29, 0.717) is 12.0 Å². The summed E-state index contributed by atoms with van der Waals surface area (Å²) in [7, 11) is 2.08. The Kier molecular flexibility index (Phi) is 3.28. The Morgan fingerprint density at radius 2 is 2.17 bits per heavy atom. The fourth-order valence-corrected chi connectivity index (χ4v) is 3.10. The lowest BCUT2D eigenvalue weighted by Gasteiger charge is -2.29. The molecule has 0 amide bonds. The molecule has 2 heteroatoms. The Hall–Kier alpha value is -1.41. The summed E-state index contributed by atoms with van der Waals surface area (Å²) in [6.45, 7) is 0. The normalized spacial score (nSPS) is 24.3. The highest BCUT2D eigenvalue weighted by atomic mass is 14.9. The van der Waals surface area contributed by atoms with Crippen LogP contribution >= 0.6 is 0 Å². The Morgan fingerprint density at radius 3 is 3.06 bits per heavy atom. The zero-order valence-electron chi connectivity index (χ0n) is 10.9. The van der Waals surface area contributed by atoms with Gasteiger partial charge in [-0.25, -0.2) is 0 Å². The van der Waals surface area contributed by atoms with Crippen LogP contribution in [0.25, 0.3) is 10.9 Å². The smallest absolute Gasteiger partial charge is 0.0702 e. The number of rotatable bonds is 2. The quantitative estimate of drug-likeness (QED) is 0.869. The van der Waals surface area contributed by atoms with Crippen LogP contribution < -0.4 is 5.32 Å². The summed E-state index contributed by atoms with van der Waals surface area (Å²) in [5.74, 6) is 0.709. The van der Waals surface area contributed by atoms with E-state index in [1.807, 2.05) is 12.3 Å². The lowest BCUT2D eigenvalue weighted by Crippen LogP contribution is -2.30. The van der Waals surface area contributed by atoms with Gasteiger partial charge >= 0.3 is 0 Å². The Bertz CT molecular complexity index is 535. The van der Waals surface area contributed by atoms with Crippen molar-refractivity contribution in [2.75, 3.05) is 7.05 Å². The Labute approximate surface area is 108 Å². The van der Waals surface area contributed by atoms with Crippen molar-refractivity contribution in [3.63, 3.8) is 0 Å². The summed E-state index contributed by atoms with van der Waals surface area (Å²) in [5, 5.41) is 4.69. The van der Waals surface area contributed by atoms with Crippen LogP contribution in [0.1, 0.15) is 37.2 Å². The molecule has 2 aromatic rings. The third kappa shape index (κ3) is 2.25. The topological polar surface area (TPSA) is 24.9 Å². The van der Waals surface area contributed by atoms with Gasteiger partial charge in [-0.1, -0.05) is 18.6 Å². The summed E-state index contributed by atoms with van der Waals surface area (Å²) in [4.78, 5) is 4.39. The van der Waals surface area contributed by atoms with Gasteiger partial charge in [0.05, 0.1) is 5.52 Å². The SMILES string of the molecule is CNC1CCCC(c2ccc3ncccc3c2)C1. The van der Waals surface area contributed by atoms with E-state index in [1.165, 1.54) is 36.6 Å². The molecular formula is C16H20N2. The van der Waals surface area contributed by atoms with Crippen LogP contribution in [-0.4, -0.2) is 18.1 Å². The summed E-state index contributed by atoms with van der Waals surface area (Å²) in [6, 6.07) is 11.6. The van der Waals surface area contributed by atoms with Gasteiger partial charge in [0.25, 0.3) is 0 Å². The van der Waals surface area contributed by atoms with E-state index in [1.54, 1.807) is 0 Å². The number of aromatic nitrogens is 1. The zero-order chi connectivity index (χ0) is 12.4. The van der Waals surface area contributed by atoms with Crippen LogP contribution in [0.2, 0.25) is 0 Å². The third-order valence-electron chi connectivity index (χ3n) is 4.18. The molecular weight excluding hydrogens is 220 g/mol. The van der Waals surface area contributed by atoms with Crippen molar-refractivity contribution >= 4 is 10.9 Å². The first-order chi connectivity index (χ1) is 8.86. The van der Waals surface area contributed by atoms with E-state index in [9.17, 15) is 0 Å². The monoisotopic (exact) mass is 240 g/mol. The summed E-state index contributed by atoms with van der Waals surface area (Å²) in [6.07, 6.45) is 7.11. The van der Waals surface area contributed by atoms with Crippen LogP contribution in [0.15, 0.2) is 36.5 Å². The first kappa shape index (κ1) is 11.7. The summed E-state index contributed by atoms with van der Waals surface area (Å²) >= 11 is 0. The highest BCUT2D eigenvalue weighted by molar-refractivity contribution is 5.79. The van der Waals surface area contributed by atoms with E-state index in [4.69, 9.17) is 0 Å². The molecule has 2 atom stereocenters. The van der Waals surface area contributed by atoms with Crippen molar-refractivity contribution in [1.29, 1.82) is 0 Å². The van der Waals surface area contributed by atoms with Gasteiger partial charge in [0, 0.05) is 17.6 Å². The average Bonchev–Trinajstić information content (AvgIpc) is 2.47. The van der Waals surface area contributed by atoms with Crippen molar-refractivity contribution in [1.82, 2.24) is 10.3 Å². The van der Waals surface area contributed by atoms with Gasteiger partial charge in [0.15, 0.2) is 0 Å². The fraction of sp³-hybridized carbons (Fsp3) is 0.438. The number of benzene rings is 1. The van der Waals surface area contributed by atoms with E-state index < -0.39 is 0 Å². The molecule has 18 heavy (non-hydrogen) atoms. The van der Waals surface area contributed by atoms with E-state index in [0.717, 1.165) is 5.52 Å². The maximum atomic E-state index is 4.39. The van der Waals surface area contributed by atoms with Gasteiger partial charge in [0.2, 0.25) is 0 Å². The van der Waals surface area contributed by atoms with E-state index in [2.05, 4.69) is 41.6 Å². The minimum Gasteiger partial charge on any atom is -0.317 e. The molecule has 1 aliphatic rings. The maximum absolute atomic E-state index is 4.39. The Morgan fingerprint density at radius 1 is 1.22 bits per heavy atom. The standard InChI is InChI=1S/C16H20N2/c1-17-15-6-2-4-12(11-15)13-7-8-16-14(10-13)5-3-9-18-16/h3,5,7-10,12,15,17H,2,4,6,11H2,1H3. The van der Waals surface area contributed by atoms with E-state index in [-0.39, 0.29) is 0 Å². The predicted molar refractivity (Wildman–Crippen MR) is 75.8 cm³/mol. The molecule has 0 radical (unpaired) electrons. The maximum Gasteiger partial charge on any atom is 0.0702 e. The molecule has 94 valence electrons. The fourth-order valence-electron chi connectivity index (χ4n) is 3.10. The molecule has 2 nitrogen and oxygen atoms in total. The first-order valence-corrected chi connectivity index (χ1v) is 6.89. The van der Waals surface area contributed by atoms with Crippen molar-refractivity contribution in [3.05, 3.63) is 42.1 Å². The van der Waals surface area contributed by atoms with Crippen molar-refractivity contribution in [3.8, 4) is 0 Å². The number of hydrogen-bond acceptors (Lipinski definition) is 2. The molecule has 0 aliphatic heterocycles. The van der Waals surface area contributed by atoms with Gasteiger partial charge in [-0.05, 0) is 56.0 Å². The van der Waals surface area contributed by atoms with Gasteiger partial charge in [-0.3, -0.25) is 4.98 Å². The van der Waals surface area contributed by atoms with Crippen LogP contribution in [-0.2, 0) is 0 Å². The second kappa shape index (κ2) is 5.07. The van der Waals surface area contributed by atoms with Gasteiger partial charge < -0.3 is 5.32 Å². The molecule has 1 fully saturated rings. The zero-order valence-corrected chi connectivity index (χ0v) is 10.9. The molecule has 0 saturated heterocycles. The van der Waals surface area contributed by atoms with Gasteiger partial charge in [-0.15, -0.1) is 0 Å². The van der Waals surface area contributed by atoms with Gasteiger partial charge in [-0.2, -0.15) is 0 Å². The summed E-state index contributed by atoms with van der Waals surface area (Å²) in [5.41, 5.74) is 2.58. The molecule has 1 aromatic heterocycles.